The minimum atomic E-state index is -3.48. The topological polar surface area (TPSA) is 51.5 Å². The first kappa shape index (κ1) is 16.5. The summed E-state index contributed by atoms with van der Waals surface area (Å²) in [6.07, 6.45) is 1.64. The highest BCUT2D eigenvalue weighted by atomic mass is 35.5. The Morgan fingerprint density at radius 2 is 2.11 bits per heavy atom. The number of aromatic nitrogens is 1. The van der Waals surface area contributed by atoms with Crippen LogP contribution in [0.3, 0.4) is 0 Å². The molecular formula is C12H21ClN2O3S. The van der Waals surface area contributed by atoms with E-state index >= 15 is 0 Å². The van der Waals surface area contributed by atoms with Crippen LogP contribution in [-0.2, 0) is 20.6 Å². The van der Waals surface area contributed by atoms with Crippen LogP contribution >= 0.6 is 11.6 Å². The molecule has 19 heavy (non-hydrogen) atoms. The number of hydrogen-bond donors (Lipinski definition) is 0. The van der Waals surface area contributed by atoms with Crippen LogP contribution in [0.4, 0.5) is 0 Å². The Bertz CT molecular complexity index is 511. The molecular weight excluding hydrogens is 288 g/mol. The summed E-state index contributed by atoms with van der Waals surface area (Å²) in [5.74, 6) is 0.287. The van der Waals surface area contributed by atoms with Gasteiger partial charge >= 0.3 is 0 Å². The van der Waals surface area contributed by atoms with Gasteiger partial charge in [-0.2, -0.15) is 4.31 Å². The molecule has 1 heterocycles. The Morgan fingerprint density at radius 3 is 2.53 bits per heavy atom. The van der Waals surface area contributed by atoms with E-state index in [2.05, 4.69) is 0 Å². The number of alkyl halides is 1. The van der Waals surface area contributed by atoms with Gasteiger partial charge in [-0.25, -0.2) is 8.42 Å². The van der Waals surface area contributed by atoms with Crippen molar-refractivity contribution in [2.45, 2.75) is 30.7 Å². The third-order valence-corrected chi connectivity index (χ3v) is 5.01. The summed E-state index contributed by atoms with van der Waals surface area (Å²) in [4.78, 5) is 0.274. The first-order valence-corrected chi connectivity index (χ1v) is 8.04. The molecule has 0 saturated heterocycles. The lowest BCUT2D eigenvalue weighted by atomic mass is 10.4. The van der Waals surface area contributed by atoms with Gasteiger partial charge in [0.15, 0.2) is 0 Å². The summed E-state index contributed by atoms with van der Waals surface area (Å²) in [6, 6.07) is 1.80. The molecule has 0 aliphatic carbocycles. The number of rotatable bonds is 7. The fourth-order valence-electron chi connectivity index (χ4n) is 1.75. The van der Waals surface area contributed by atoms with Crippen molar-refractivity contribution in [3.05, 3.63) is 18.0 Å². The van der Waals surface area contributed by atoms with Crippen LogP contribution < -0.4 is 0 Å². The summed E-state index contributed by atoms with van der Waals surface area (Å²) >= 11 is 5.85. The van der Waals surface area contributed by atoms with Gasteiger partial charge in [0.25, 0.3) is 0 Å². The maximum absolute atomic E-state index is 12.4. The van der Waals surface area contributed by atoms with E-state index in [1.165, 1.54) is 4.31 Å². The van der Waals surface area contributed by atoms with Gasteiger partial charge in [-0.1, -0.05) is 0 Å². The van der Waals surface area contributed by atoms with Gasteiger partial charge in [-0.3, -0.25) is 0 Å². The molecule has 0 spiro atoms. The first-order valence-electron chi connectivity index (χ1n) is 6.06. The smallest absolute Gasteiger partial charge is 0.244 e. The molecule has 1 aromatic heterocycles. The molecule has 1 rings (SSSR count). The number of ether oxygens (including phenoxy) is 1. The number of methoxy groups -OCH3 is 1. The van der Waals surface area contributed by atoms with Crippen LogP contribution in [-0.4, -0.2) is 44.6 Å². The second-order valence-electron chi connectivity index (χ2n) is 4.62. The van der Waals surface area contributed by atoms with Gasteiger partial charge in [-0.15, -0.1) is 11.6 Å². The van der Waals surface area contributed by atoms with Gasteiger partial charge in [-0.05, 0) is 19.9 Å². The van der Waals surface area contributed by atoms with Crippen molar-refractivity contribution in [2.75, 3.05) is 27.3 Å². The van der Waals surface area contributed by atoms with E-state index in [-0.39, 0.29) is 16.8 Å². The average Bonchev–Trinajstić information content (AvgIpc) is 2.80. The number of halogens is 1. The fourth-order valence-corrected chi connectivity index (χ4v) is 3.17. The zero-order valence-electron chi connectivity index (χ0n) is 11.8. The zero-order valence-corrected chi connectivity index (χ0v) is 13.3. The lowest BCUT2D eigenvalue weighted by molar-refractivity contribution is 0.185. The molecule has 0 amide bonds. The Balaban J connectivity index is 3.08. The van der Waals surface area contributed by atoms with Crippen molar-refractivity contribution in [2.24, 2.45) is 0 Å². The Hall–Kier alpha value is -0.560. The van der Waals surface area contributed by atoms with E-state index in [0.29, 0.717) is 13.2 Å². The second-order valence-corrected chi connectivity index (χ2v) is 6.93. The van der Waals surface area contributed by atoms with Gasteiger partial charge in [0.05, 0.1) is 12.5 Å². The molecule has 0 saturated carbocycles. The Labute approximate surface area is 120 Å². The van der Waals surface area contributed by atoms with Crippen LogP contribution in [0.5, 0.6) is 0 Å². The zero-order chi connectivity index (χ0) is 14.6. The van der Waals surface area contributed by atoms with Gasteiger partial charge in [0, 0.05) is 38.6 Å². The van der Waals surface area contributed by atoms with E-state index in [1.54, 1.807) is 26.4 Å². The fraction of sp³-hybridized carbons (Fsp3) is 0.667. The van der Waals surface area contributed by atoms with Crippen molar-refractivity contribution in [3.8, 4) is 0 Å². The van der Waals surface area contributed by atoms with E-state index in [1.807, 2.05) is 18.4 Å². The second kappa shape index (κ2) is 6.74. The molecule has 5 nitrogen and oxygen atoms in total. The SMILES string of the molecule is COCCN(C)S(=O)(=O)c1cc(CCl)n(C(C)C)c1. The first-order chi connectivity index (χ1) is 8.84. The van der Waals surface area contributed by atoms with Crippen LogP contribution in [0.2, 0.25) is 0 Å². The van der Waals surface area contributed by atoms with E-state index in [9.17, 15) is 8.42 Å². The maximum atomic E-state index is 12.4. The highest BCUT2D eigenvalue weighted by Gasteiger charge is 2.23. The predicted molar refractivity (Wildman–Crippen MR) is 76.1 cm³/mol. The molecule has 0 N–H and O–H groups in total. The molecule has 0 aliphatic rings. The molecule has 110 valence electrons. The minimum Gasteiger partial charge on any atom is -0.383 e. The molecule has 0 radical (unpaired) electrons. The van der Waals surface area contributed by atoms with Crippen molar-refractivity contribution in [1.29, 1.82) is 0 Å². The van der Waals surface area contributed by atoms with Crippen LogP contribution in [0.25, 0.3) is 0 Å². The van der Waals surface area contributed by atoms with E-state index in [0.717, 1.165) is 5.69 Å². The molecule has 0 aliphatic heterocycles. The number of likely N-dealkylation sites (N-methyl/N-ethyl adjacent to an activating group) is 1. The summed E-state index contributed by atoms with van der Waals surface area (Å²) in [7, 11) is -0.397. The van der Waals surface area contributed by atoms with Gasteiger partial charge < -0.3 is 9.30 Å². The third kappa shape index (κ3) is 3.72. The summed E-state index contributed by atoms with van der Waals surface area (Å²) in [5, 5.41) is 0. The van der Waals surface area contributed by atoms with Crippen molar-refractivity contribution in [3.63, 3.8) is 0 Å². The molecule has 0 fully saturated rings. The number of hydrogen-bond acceptors (Lipinski definition) is 3. The van der Waals surface area contributed by atoms with E-state index < -0.39 is 10.0 Å². The van der Waals surface area contributed by atoms with Crippen LogP contribution in [0.1, 0.15) is 25.6 Å². The average molecular weight is 309 g/mol. The van der Waals surface area contributed by atoms with Gasteiger partial charge in [0.2, 0.25) is 10.0 Å². The third-order valence-electron chi connectivity index (χ3n) is 2.92. The Kier molecular flexibility index (Phi) is 5.85. The van der Waals surface area contributed by atoms with Crippen molar-refractivity contribution >= 4 is 21.6 Å². The van der Waals surface area contributed by atoms with Crippen molar-refractivity contribution in [1.82, 2.24) is 8.87 Å². The van der Waals surface area contributed by atoms with E-state index in [4.69, 9.17) is 16.3 Å². The van der Waals surface area contributed by atoms with Crippen LogP contribution in [0.15, 0.2) is 17.2 Å². The minimum absolute atomic E-state index is 0.169. The lowest BCUT2D eigenvalue weighted by Gasteiger charge is -2.15. The summed E-state index contributed by atoms with van der Waals surface area (Å²) < 4.78 is 32.8. The molecule has 0 aromatic carbocycles. The van der Waals surface area contributed by atoms with Gasteiger partial charge in [0.1, 0.15) is 4.90 Å². The molecule has 7 heteroatoms. The molecule has 0 bridgehead atoms. The maximum Gasteiger partial charge on any atom is 0.244 e. The quantitative estimate of drug-likeness (QED) is 0.725. The largest absolute Gasteiger partial charge is 0.383 e. The van der Waals surface area contributed by atoms with Crippen LogP contribution in [0, 0.1) is 0 Å². The predicted octanol–water partition coefficient (Wildman–Crippen LogP) is 2.07. The number of nitrogens with zero attached hydrogens (tertiary/aromatic N) is 2. The summed E-state index contributed by atoms with van der Waals surface area (Å²) in [5.41, 5.74) is 0.801. The standard InChI is InChI=1S/C12H21ClN2O3S/c1-10(2)15-9-12(7-11(15)8-13)19(16,17)14(3)5-6-18-4/h7,9-10H,5-6,8H2,1-4H3. The molecule has 1 aromatic rings. The normalized spacial score (nSPS) is 12.6. The molecule has 0 atom stereocenters. The lowest BCUT2D eigenvalue weighted by Crippen LogP contribution is -2.29. The number of sulfonamides is 1. The molecule has 0 unspecified atom stereocenters. The highest BCUT2D eigenvalue weighted by molar-refractivity contribution is 7.89. The monoisotopic (exact) mass is 308 g/mol. The van der Waals surface area contributed by atoms with Crippen molar-refractivity contribution < 1.29 is 13.2 Å². The summed E-state index contributed by atoms with van der Waals surface area (Å²) in [6.45, 7) is 4.66. The Morgan fingerprint density at radius 1 is 1.47 bits per heavy atom. The highest BCUT2D eigenvalue weighted by Crippen LogP contribution is 2.22.